The summed E-state index contributed by atoms with van der Waals surface area (Å²) in [6, 6.07) is 8.05. The Morgan fingerprint density at radius 1 is 1.16 bits per heavy atom. The van der Waals surface area contributed by atoms with E-state index in [2.05, 4.69) is 0 Å². The van der Waals surface area contributed by atoms with Crippen molar-refractivity contribution in [2.75, 3.05) is 6.54 Å². The van der Waals surface area contributed by atoms with Crippen molar-refractivity contribution < 1.29 is 32.3 Å². The lowest BCUT2D eigenvalue weighted by atomic mass is 10.1. The lowest BCUT2D eigenvalue weighted by Gasteiger charge is -2.13. The van der Waals surface area contributed by atoms with Crippen molar-refractivity contribution in [3.8, 4) is 11.3 Å². The summed E-state index contributed by atoms with van der Waals surface area (Å²) in [5.41, 5.74) is -0.881. The number of hydrogen-bond donors (Lipinski definition) is 1. The van der Waals surface area contributed by atoms with E-state index < -0.39 is 17.7 Å². The number of alkyl halides is 3. The van der Waals surface area contributed by atoms with E-state index in [4.69, 9.17) is 21.7 Å². The average Bonchev–Trinajstić information content (AvgIpc) is 3.26. The van der Waals surface area contributed by atoms with Gasteiger partial charge in [-0.1, -0.05) is 48.6 Å². The lowest BCUT2D eigenvalue weighted by molar-refractivity contribution is -0.138. The Morgan fingerprint density at radius 3 is 2.61 bits per heavy atom. The maximum atomic E-state index is 13.2. The van der Waals surface area contributed by atoms with E-state index in [0.29, 0.717) is 35.0 Å². The van der Waals surface area contributed by atoms with Gasteiger partial charge in [0.25, 0.3) is 5.91 Å². The van der Waals surface area contributed by atoms with E-state index in [9.17, 15) is 22.8 Å². The van der Waals surface area contributed by atoms with Gasteiger partial charge in [0.2, 0.25) is 0 Å². The highest BCUT2D eigenvalue weighted by molar-refractivity contribution is 8.26. The van der Waals surface area contributed by atoms with Crippen LogP contribution in [0.3, 0.4) is 0 Å². The molecule has 3 rings (SSSR count). The molecule has 31 heavy (non-hydrogen) atoms. The predicted molar refractivity (Wildman–Crippen MR) is 115 cm³/mol. The Balaban J connectivity index is 1.70. The molecule has 164 valence electrons. The number of carboxylic acids is 1. The van der Waals surface area contributed by atoms with Gasteiger partial charge in [0.15, 0.2) is 0 Å². The monoisotopic (exact) mass is 469 g/mol. The van der Waals surface area contributed by atoms with Crippen molar-refractivity contribution in [3.63, 3.8) is 0 Å². The molecule has 2 heterocycles. The third kappa shape index (κ3) is 5.76. The largest absolute Gasteiger partial charge is 0.481 e. The van der Waals surface area contributed by atoms with E-state index in [0.717, 1.165) is 17.8 Å². The quantitative estimate of drug-likeness (QED) is 0.299. The fourth-order valence-corrected chi connectivity index (χ4v) is 4.35. The van der Waals surface area contributed by atoms with Crippen LogP contribution in [0.15, 0.2) is 45.7 Å². The van der Waals surface area contributed by atoms with E-state index in [1.165, 1.54) is 41.3 Å². The van der Waals surface area contributed by atoms with Crippen molar-refractivity contribution in [3.05, 3.63) is 52.6 Å². The Labute approximate surface area is 185 Å². The number of carboxylic acid groups (broad SMARTS) is 1. The molecule has 1 aromatic carbocycles. The predicted octanol–water partition coefficient (Wildman–Crippen LogP) is 5.81. The first-order valence-corrected chi connectivity index (χ1v) is 10.6. The number of rotatable bonds is 8. The fourth-order valence-electron chi connectivity index (χ4n) is 3.07. The zero-order valence-corrected chi connectivity index (χ0v) is 17.8. The van der Waals surface area contributed by atoms with Gasteiger partial charge in [-0.3, -0.25) is 14.5 Å². The SMILES string of the molecule is O=C(O)CCCCCN1C(=O)C(=Cc2ccc(-c3ccccc3C(F)(F)F)o2)SC1=S. The van der Waals surface area contributed by atoms with Crippen LogP contribution in [0.2, 0.25) is 0 Å². The number of benzene rings is 1. The van der Waals surface area contributed by atoms with Gasteiger partial charge in [0.1, 0.15) is 15.8 Å². The first kappa shape index (κ1) is 23.1. The molecule has 0 saturated carbocycles. The first-order chi connectivity index (χ1) is 14.7. The standard InChI is InChI=1S/C21H18F3NO4S2/c22-21(23,24)15-7-4-3-6-14(15)16-10-9-13(29-16)12-17-19(28)25(20(30)31-17)11-5-1-2-8-18(26)27/h3-4,6-7,9-10,12H,1-2,5,8,11H2,(H,26,27). The number of thioether (sulfide) groups is 1. The van der Waals surface area contributed by atoms with Gasteiger partial charge in [-0.15, -0.1) is 0 Å². The summed E-state index contributed by atoms with van der Waals surface area (Å²) in [6.07, 6.45) is -1.18. The van der Waals surface area contributed by atoms with Gasteiger partial charge in [0.05, 0.1) is 10.5 Å². The highest BCUT2D eigenvalue weighted by atomic mass is 32.2. The van der Waals surface area contributed by atoms with Crippen molar-refractivity contribution in [2.24, 2.45) is 0 Å². The highest BCUT2D eigenvalue weighted by Gasteiger charge is 2.34. The number of thiocarbonyl (C=S) groups is 1. The van der Waals surface area contributed by atoms with Gasteiger partial charge in [0, 0.05) is 24.6 Å². The fraction of sp³-hybridized carbons (Fsp3) is 0.286. The van der Waals surface area contributed by atoms with Crippen LogP contribution >= 0.6 is 24.0 Å². The average molecular weight is 470 g/mol. The van der Waals surface area contributed by atoms with Crippen molar-refractivity contribution >= 4 is 46.3 Å². The summed E-state index contributed by atoms with van der Waals surface area (Å²) < 4.78 is 45.7. The van der Waals surface area contributed by atoms with Crippen LogP contribution in [0.1, 0.15) is 37.0 Å². The minimum atomic E-state index is -4.52. The van der Waals surface area contributed by atoms with Gasteiger partial charge < -0.3 is 9.52 Å². The Bertz CT molecular complexity index is 1030. The van der Waals surface area contributed by atoms with Crippen LogP contribution in [-0.2, 0) is 15.8 Å². The molecule has 0 radical (unpaired) electrons. The normalized spacial score (nSPS) is 15.8. The van der Waals surface area contributed by atoms with Crippen molar-refractivity contribution in [2.45, 2.75) is 31.9 Å². The van der Waals surface area contributed by atoms with Crippen LogP contribution in [-0.4, -0.2) is 32.7 Å². The van der Waals surface area contributed by atoms with Crippen LogP contribution in [0.5, 0.6) is 0 Å². The molecule has 1 amide bonds. The van der Waals surface area contributed by atoms with Gasteiger partial charge in [-0.2, -0.15) is 13.2 Å². The zero-order chi connectivity index (χ0) is 22.6. The second kappa shape index (κ2) is 9.69. The number of hydrogen-bond acceptors (Lipinski definition) is 5. The molecule has 0 spiro atoms. The summed E-state index contributed by atoms with van der Waals surface area (Å²) in [5.74, 6) is -0.867. The number of carbonyl (C=O) groups excluding carboxylic acids is 1. The van der Waals surface area contributed by atoms with Crippen LogP contribution in [0.25, 0.3) is 17.4 Å². The molecule has 1 aliphatic heterocycles. The second-order valence-corrected chi connectivity index (χ2v) is 8.46. The Kier molecular flexibility index (Phi) is 7.22. The van der Waals surface area contributed by atoms with E-state index in [1.807, 2.05) is 0 Å². The third-order valence-electron chi connectivity index (χ3n) is 4.54. The Hall–Kier alpha value is -2.59. The number of carbonyl (C=O) groups is 2. The molecule has 1 fully saturated rings. The maximum Gasteiger partial charge on any atom is 0.417 e. The number of aliphatic carboxylic acids is 1. The lowest BCUT2D eigenvalue weighted by Crippen LogP contribution is -2.29. The zero-order valence-electron chi connectivity index (χ0n) is 16.1. The molecular weight excluding hydrogens is 451 g/mol. The minimum absolute atomic E-state index is 0.0492. The summed E-state index contributed by atoms with van der Waals surface area (Å²) in [5, 5.41) is 8.65. The molecule has 2 aromatic rings. The third-order valence-corrected chi connectivity index (χ3v) is 5.92. The highest BCUT2D eigenvalue weighted by Crippen LogP contribution is 2.38. The first-order valence-electron chi connectivity index (χ1n) is 9.40. The van der Waals surface area contributed by atoms with Gasteiger partial charge >= 0.3 is 12.1 Å². The van der Waals surface area contributed by atoms with E-state index in [-0.39, 0.29) is 29.4 Å². The summed E-state index contributed by atoms with van der Waals surface area (Å²) in [4.78, 5) is 24.9. The summed E-state index contributed by atoms with van der Waals surface area (Å²) in [6.45, 7) is 0.379. The molecular formula is C21H18F3NO4S2. The summed E-state index contributed by atoms with van der Waals surface area (Å²) >= 11 is 6.34. The molecule has 5 nitrogen and oxygen atoms in total. The van der Waals surface area contributed by atoms with Crippen LogP contribution in [0, 0.1) is 0 Å². The number of furan rings is 1. The molecule has 10 heteroatoms. The van der Waals surface area contributed by atoms with E-state index >= 15 is 0 Å². The topological polar surface area (TPSA) is 70.8 Å². The van der Waals surface area contributed by atoms with Crippen LogP contribution in [0.4, 0.5) is 13.2 Å². The number of amides is 1. The molecule has 0 aliphatic carbocycles. The molecule has 0 unspecified atom stereocenters. The van der Waals surface area contributed by atoms with Crippen molar-refractivity contribution in [1.82, 2.24) is 4.90 Å². The second-order valence-electron chi connectivity index (χ2n) is 6.78. The molecule has 1 aliphatic rings. The maximum absolute atomic E-state index is 13.2. The summed E-state index contributed by atoms with van der Waals surface area (Å²) in [7, 11) is 0. The number of nitrogens with zero attached hydrogens (tertiary/aromatic N) is 1. The van der Waals surface area contributed by atoms with Gasteiger partial charge in [-0.25, -0.2) is 0 Å². The van der Waals surface area contributed by atoms with E-state index in [1.54, 1.807) is 0 Å². The number of halogens is 3. The molecule has 1 N–H and O–H groups in total. The minimum Gasteiger partial charge on any atom is -0.481 e. The smallest absolute Gasteiger partial charge is 0.417 e. The van der Waals surface area contributed by atoms with Crippen LogP contribution < -0.4 is 0 Å². The molecule has 0 bridgehead atoms. The molecule has 1 aromatic heterocycles. The van der Waals surface area contributed by atoms with Crippen molar-refractivity contribution in [1.29, 1.82) is 0 Å². The Morgan fingerprint density at radius 2 is 1.90 bits per heavy atom. The molecule has 1 saturated heterocycles. The van der Waals surface area contributed by atoms with Gasteiger partial charge in [-0.05, 0) is 31.0 Å². The number of unbranched alkanes of at least 4 members (excludes halogenated alkanes) is 2. The molecule has 0 atom stereocenters.